The van der Waals surface area contributed by atoms with Gasteiger partial charge in [0.1, 0.15) is 12.4 Å². The van der Waals surface area contributed by atoms with Crippen molar-refractivity contribution in [3.8, 4) is 0 Å². The number of nitrogens with one attached hydrogen (secondary N) is 2. The van der Waals surface area contributed by atoms with E-state index in [0.717, 1.165) is 23.3 Å². The lowest BCUT2D eigenvalue weighted by Crippen LogP contribution is -2.32. The Hall–Kier alpha value is -3.22. The molecule has 0 fully saturated rings. The fraction of sp³-hybridized carbons (Fsp3) is 0.211. The molecule has 0 saturated heterocycles. The van der Waals surface area contributed by atoms with Crippen molar-refractivity contribution in [2.24, 2.45) is 0 Å². The van der Waals surface area contributed by atoms with E-state index in [0.29, 0.717) is 5.69 Å². The monoisotopic (exact) mass is 358 g/mol. The van der Waals surface area contributed by atoms with Gasteiger partial charge in [0.15, 0.2) is 6.61 Å². The van der Waals surface area contributed by atoms with Gasteiger partial charge in [0.2, 0.25) is 0 Å². The number of halogens is 1. The Bertz CT molecular complexity index is 819. The minimum Gasteiger partial charge on any atom is -0.454 e. The summed E-state index contributed by atoms with van der Waals surface area (Å²) in [5, 5.41) is 5.00. The van der Waals surface area contributed by atoms with Crippen LogP contribution in [-0.4, -0.2) is 30.9 Å². The standard InChI is InChI=1S/C19H19FN2O4/c1-12-4-3-5-16(13(12)2)22-17(23)11-26-18(24)10-21-19(25)14-6-8-15(20)9-7-14/h3-9H,10-11H2,1-2H3,(H,21,25)(H,22,23). The van der Waals surface area contributed by atoms with Crippen molar-refractivity contribution in [3.63, 3.8) is 0 Å². The number of rotatable bonds is 6. The van der Waals surface area contributed by atoms with Crippen LogP contribution in [0.4, 0.5) is 10.1 Å². The first-order valence-electron chi connectivity index (χ1n) is 7.92. The molecule has 6 nitrogen and oxygen atoms in total. The predicted molar refractivity (Wildman–Crippen MR) is 94.2 cm³/mol. The largest absolute Gasteiger partial charge is 0.454 e. The van der Waals surface area contributed by atoms with Crippen molar-refractivity contribution in [2.45, 2.75) is 13.8 Å². The van der Waals surface area contributed by atoms with Gasteiger partial charge in [-0.05, 0) is 55.3 Å². The Labute approximate surface area is 150 Å². The lowest BCUT2D eigenvalue weighted by atomic mass is 10.1. The fourth-order valence-corrected chi connectivity index (χ4v) is 2.13. The number of aryl methyl sites for hydroxylation is 1. The fourth-order valence-electron chi connectivity index (χ4n) is 2.13. The number of carbonyl (C=O) groups is 3. The number of esters is 1. The molecule has 2 rings (SSSR count). The summed E-state index contributed by atoms with van der Waals surface area (Å²) < 4.78 is 17.6. The van der Waals surface area contributed by atoms with Crippen molar-refractivity contribution in [2.75, 3.05) is 18.5 Å². The van der Waals surface area contributed by atoms with E-state index >= 15 is 0 Å². The third kappa shape index (κ3) is 5.41. The van der Waals surface area contributed by atoms with Crippen LogP contribution in [0.5, 0.6) is 0 Å². The van der Waals surface area contributed by atoms with Crippen molar-refractivity contribution >= 4 is 23.5 Å². The van der Waals surface area contributed by atoms with Crippen molar-refractivity contribution in [3.05, 3.63) is 65.0 Å². The Morgan fingerprint density at radius 3 is 2.42 bits per heavy atom. The Morgan fingerprint density at radius 1 is 1.04 bits per heavy atom. The van der Waals surface area contributed by atoms with Crippen LogP contribution in [0.15, 0.2) is 42.5 Å². The number of carbonyl (C=O) groups excluding carboxylic acids is 3. The normalized spacial score (nSPS) is 10.1. The first-order chi connectivity index (χ1) is 12.4. The Balaban J connectivity index is 1.76. The van der Waals surface area contributed by atoms with E-state index in [1.807, 2.05) is 26.0 Å². The van der Waals surface area contributed by atoms with Crippen LogP contribution in [0.3, 0.4) is 0 Å². The molecule has 0 unspecified atom stereocenters. The molecule has 0 radical (unpaired) electrons. The Morgan fingerprint density at radius 2 is 1.73 bits per heavy atom. The molecule has 0 heterocycles. The van der Waals surface area contributed by atoms with Crippen LogP contribution in [0.1, 0.15) is 21.5 Å². The summed E-state index contributed by atoms with van der Waals surface area (Å²) in [5.74, 6) is -2.23. The zero-order valence-corrected chi connectivity index (χ0v) is 14.5. The predicted octanol–water partition coefficient (Wildman–Crippen LogP) is 2.35. The molecular formula is C19H19FN2O4. The summed E-state index contributed by atoms with van der Waals surface area (Å²) in [7, 11) is 0. The molecule has 0 saturated carbocycles. The van der Waals surface area contributed by atoms with E-state index in [1.54, 1.807) is 6.07 Å². The molecule has 2 aromatic rings. The summed E-state index contributed by atoms with van der Waals surface area (Å²) in [6.07, 6.45) is 0. The first-order valence-corrected chi connectivity index (χ1v) is 7.92. The van der Waals surface area contributed by atoms with Gasteiger partial charge in [-0.15, -0.1) is 0 Å². The smallest absolute Gasteiger partial charge is 0.325 e. The highest BCUT2D eigenvalue weighted by Crippen LogP contribution is 2.17. The van der Waals surface area contributed by atoms with E-state index < -0.39 is 36.8 Å². The molecule has 0 spiro atoms. The quantitative estimate of drug-likeness (QED) is 0.777. The van der Waals surface area contributed by atoms with Gasteiger partial charge in [-0.25, -0.2) is 4.39 Å². The average Bonchev–Trinajstić information content (AvgIpc) is 2.62. The second-order valence-corrected chi connectivity index (χ2v) is 5.65. The summed E-state index contributed by atoms with van der Waals surface area (Å²) in [5.41, 5.74) is 2.82. The van der Waals surface area contributed by atoms with Gasteiger partial charge >= 0.3 is 5.97 Å². The Kier molecular flexibility index (Phi) is 6.43. The van der Waals surface area contributed by atoms with E-state index in [-0.39, 0.29) is 5.56 Å². The van der Waals surface area contributed by atoms with Gasteiger partial charge in [0.05, 0.1) is 0 Å². The van der Waals surface area contributed by atoms with Crippen LogP contribution in [-0.2, 0) is 14.3 Å². The molecule has 136 valence electrons. The van der Waals surface area contributed by atoms with Crippen LogP contribution in [0, 0.1) is 19.7 Å². The van der Waals surface area contributed by atoms with Gasteiger partial charge in [-0.2, -0.15) is 0 Å². The zero-order valence-electron chi connectivity index (χ0n) is 14.5. The molecular weight excluding hydrogens is 339 g/mol. The number of amides is 2. The van der Waals surface area contributed by atoms with Crippen LogP contribution in [0.25, 0.3) is 0 Å². The third-order valence-corrected chi connectivity index (χ3v) is 3.74. The summed E-state index contributed by atoms with van der Waals surface area (Å²) >= 11 is 0. The number of hydrogen-bond donors (Lipinski definition) is 2. The molecule has 2 N–H and O–H groups in total. The lowest BCUT2D eigenvalue weighted by molar-refractivity contribution is -0.146. The van der Waals surface area contributed by atoms with Crippen molar-refractivity contribution < 1.29 is 23.5 Å². The first kappa shape index (κ1) is 19.1. The maximum Gasteiger partial charge on any atom is 0.325 e. The number of ether oxygens (including phenoxy) is 1. The second kappa shape index (κ2) is 8.75. The number of anilines is 1. The van der Waals surface area contributed by atoms with Gasteiger partial charge in [0.25, 0.3) is 11.8 Å². The van der Waals surface area contributed by atoms with Crippen LogP contribution < -0.4 is 10.6 Å². The summed E-state index contributed by atoms with van der Waals surface area (Å²) in [6, 6.07) is 10.4. The van der Waals surface area contributed by atoms with Crippen molar-refractivity contribution in [1.29, 1.82) is 0 Å². The van der Waals surface area contributed by atoms with E-state index in [9.17, 15) is 18.8 Å². The summed E-state index contributed by atoms with van der Waals surface area (Å²) in [4.78, 5) is 35.3. The van der Waals surface area contributed by atoms with Crippen LogP contribution in [0.2, 0.25) is 0 Å². The molecule has 0 aliphatic heterocycles. The van der Waals surface area contributed by atoms with Crippen molar-refractivity contribution in [1.82, 2.24) is 5.32 Å². The SMILES string of the molecule is Cc1cccc(NC(=O)COC(=O)CNC(=O)c2ccc(F)cc2)c1C. The minimum atomic E-state index is -0.753. The minimum absolute atomic E-state index is 0.215. The highest BCUT2D eigenvalue weighted by atomic mass is 19.1. The maximum atomic E-state index is 12.8. The molecule has 26 heavy (non-hydrogen) atoms. The molecule has 0 aromatic heterocycles. The van der Waals surface area contributed by atoms with E-state index in [2.05, 4.69) is 10.6 Å². The van der Waals surface area contributed by atoms with E-state index in [1.165, 1.54) is 12.1 Å². The molecule has 0 aliphatic rings. The van der Waals surface area contributed by atoms with Gasteiger partial charge in [-0.3, -0.25) is 14.4 Å². The number of hydrogen-bond acceptors (Lipinski definition) is 4. The highest BCUT2D eigenvalue weighted by Gasteiger charge is 2.12. The average molecular weight is 358 g/mol. The summed E-state index contributed by atoms with van der Waals surface area (Å²) in [6.45, 7) is 2.95. The molecule has 0 bridgehead atoms. The molecule has 7 heteroatoms. The molecule has 2 amide bonds. The highest BCUT2D eigenvalue weighted by molar-refractivity contribution is 5.96. The van der Waals surface area contributed by atoms with Gasteiger partial charge in [-0.1, -0.05) is 12.1 Å². The number of benzene rings is 2. The van der Waals surface area contributed by atoms with Crippen LogP contribution >= 0.6 is 0 Å². The molecule has 2 aromatic carbocycles. The van der Waals surface area contributed by atoms with Gasteiger partial charge < -0.3 is 15.4 Å². The van der Waals surface area contributed by atoms with Gasteiger partial charge in [0, 0.05) is 11.3 Å². The van der Waals surface area contributed by atoms with E-state index in [4.69, 9.17) is 4.74 Å². The molecule has 0 aliphatic carbocycles. The zero-order chi connectivity index (χ0) is 19.1. The topological polar surface area (TPSA) is 84.5 Å². The molecule has 0 atom stereocenters. The third-order valence-electron chi connectivity index (χ3n) is 3.74. The lowest BCUT2D eigenvalue weighted by Gasteiger charge is -2.11. The maximum absolute atomic E-state index is 12.8. The second-order valence-electron chi connectivity index (χ2n) is 5.65.